The van der Waals surface area contributed by atoms with Crippen molar-refractivity contribution >= 4 is 34.6 Å². The fourth-order valence-electron chi connectivity index (χ4n) is 3.16. The number of nitrogens with zero attached hydrogens (tertiary/aromatic N) is 2. The van der Waals surface area contributed by atoms with Crippen molar-refractivity contribution in [3.05, 3.63) is 83.2 Å². The highest BCUT2D eigenvalue weighted by Crippen LogP contribution is 2.29. The first-order valence-electron chi connectivity index (χ1n) is 9.69. The number of rotatable bonds is 8. The van der Waals surface area contributed by atoms with E-state index in [1.165, 1.54) is 22.6 Å². The zero-order valence-electron chi connectivity index (χ0n) is 16.5. The van der Waals surface area contributed by atoms with Crippen LogP contribution in [-0.2, 0) is 12.2 Å². The number of H-pyrrole nitrogens is 1. The lowest BCUT2D eigenvalue weighted by molar-refractivity contribution is 0.571. The lowest BCUT2D eigenvalue weighted by Gasteiger charge is -2.10. The molecule has 0 bridgehead atoms. The van der Waals surface area contributed by atoms with E-state index >= 15 is 0 Å². The fraction of sp³-hybridized carbons (Fsp3) is 0.217. The summed E-state index contributed by atoms with van der Waals surface area (Å²) in [6.45, 7) is 2.09. The zero-order chi connectivity index (χ0) is 20.9. The second-order valence-electron chi connectivity index (χ2n) is 6.92. The molecule has 154 valence electrons. The molecule has 0 saturated heterocycles. The summed E-state index contributed by atoms with van der Waals surface area (Å²) >= 11 is 3.39. The van der Waals surface area contributed by atoms with Crippen molar-refractivity contribution in [1.82, 2.24) is 15.0 Å². The second-order valence-corrected chi connectivity index (χ2v) is 9.02. The molecule has 0 unspecified atom stereocenters. The molecular weight excluding hydrogens is 420 g/mol. The molecule has 0 radical (unpaired) electrons. The van der Waals surface area contributed by atoms with Crippen LogP contribution >= 0.6 is 23.5 Å². The third-order valence-electron chi connectivity index (χ3n) is 4.84. The van der Waals surface area contributed by atoms with Crippen molar-refractivity contribution in [2.24, 2.45) is 0 Å². The van der Waals surface area contributed by atoms with Crippen LogP contribution in [0, 0.1) is 18.6 Å². The zero-order valence-corrected chi connectivity index (χ0v) is 18.1. The van der Waals surface area contributed by atoms with Crippen LogP contribution in [0.2, 0.25) is 0 Å². The number of hydrogen-bond donors (Lipinski definition) is 1. The number of imidazole rings is 1. The molecule has 1 N–H and O–H groups in total. The number of nitrogens with one attached hydrogen (secondary N) is 1. The molecule has 4 rings (SSSR count). The molecule has 2 heterocycles. The lowest BCUT2D eigenvalue weighted by Crippen LogP contribution is -1.96. The smallest absolute Gasteiger partial charge is 0.166 e. The number of aryl methyl sites for hydroxylation is 1. The summed E-state index contributed by atoms with van der Waals surface area (Å²) in [4.78, 5) is 13.7. The number of para-hydroxylation sites is 2. The van der Waals surface area contributed by atoms with Crippen molar-refractivity contribution in [3.8, 4) is 0 Å². The van der Waals surface area contributed by atoms with Gasteiger partial charge in [0.15, 0.2) is 5.16 Å². The van der Waals surface area contributed by atoms with Gasteiger partial charge in [-0.1, -0.05) is 30.0 Å². The van der Waals surface area contributed by atoms with Gasteiger partial charge in [0, 0.05) is 22.9 Å². The topological polar surface area (TPSA) is 41.6 Å². The number of hydrogen-bond acceptors (Lipinski definition) is 4. The van der Waals surface area contributed by atoms with Gasteiger partial charge in [-0.25, -0.2) is 13.8 Å². The van der Waals surface area contributed by atoms with Crippen LogP contribution in [0.25, 0.3) is 11.0 Å². The van der Waals surface area contributed by atoms with E-state index in [1.54, 1.807) is 23.5 Å². The first kappa shape index (κ1) is 20.9. The van der Waals surface area contributed by atoms with E-state index in [0.717, 1.165) is 45.9 Å². The van der Waals surface area contributed by atoms with Gasteiger partial charge in [0.05, 0.1) is 16.7 Å². The number of aromatic nitrogens is 3. The van der Waals surface area contributed by atoms with E-state index < -0.39 is 11.6 Å². The highest BCUT2D eigenvalue weighted by atomic mass is 32.2. The molecule has 30 heavy (non-hydrogen) atoms. The summed E-state index contributed by atoms with van der Waals surface area (Å²) in [5, 5.41) is 0.886. The number of fused-ring (bicyclic) bond motifs is 1. The van der Waals surface area contributed by atoms with Gasteiger partial charge in [-0.05, 0) is 60.9 Å². The van der Waals surface area contributed by atoms with Crippen LogP contribution in [-0.4, -0.2) is 20.7 Å². The number of benzene rings is 2. The van der Waals surface area contributed by atoms with Gasteiger partial charge >= 0.3 is 0 Å². The molecule has 3 nitrogen and oxygen atoms in total. The van der Waals surface area contributed by atoms with E-state index in [2.05, 4.69) is 21.9 Å². The predicted octanol–water partition coefficient (Wildman–Crippen LogP) is 6.56. The van der Waals surface area contributed by atoms with Crippen molar-refractivity contribution in [1.29, 1.82) is 0 Å². The average molecular weight is 442 g/mol. The van der Waals surface area contributed by atoms with E-state index in [-0.39, 0.29) is 0 Å². The summed E-state index contributed by atoms with van der Waals surface area (Å²) in [5.74, 6) is 0.592. The highest BCUT2D eigenvalue weighted by Gasteiger charge is 2.10. The Morgan fingerprint density at radius 1 is 1.03 bits per heavy atom. The van der Waals surface area contributed by atoms with Gasteiger partial charge in [-0.15, -0.1) is 11.8 Å². The molecule has 0 fully saturated rings. The summed E-state index contributed by atoms with van der Waals surface area (Å²) in [7, 11) is 0. The Morgan fingerprint density at radius 3 is 2.73 bits per heavy atom. The Bertz CT molecular complexity index is 1130. The Labute approximate surface area is 182 Å². The molecule has 0 amide bonds. The maximum absolute atomic E-state index is 13.7. The van der Waals surface area contributed by atoms with Crippen molar-refractivity contribution in [2.45, 2.75) is 35.6 Å². The minimum atomic E-state index is -0.536. The summed E-state index contributed by atoms with van der Waals surface area (Å²) in [6.07, 6.45) is 3.25. The minimum Gasteiger partial charge on any atom is -0.333 e. The largest absolute Gasteiger partial charge is 0.333 e. The van der Waals surface area contributed by atoms with E-state index in [4.69, 9.17) is 0 Å². The maximum atomic E-state index is 13.7. The van der Waals surface area contributed by atoms with E-state index in [9.17, 15) is 8.78 Å². The van der Waals surface area contributed by atoms with E-state index in [1.807, 2.05) is 36.5 Å². The van der Waals surface area contributed by atoms with Crippen molar-refractivity contribution < 1.29 is 8.78 Å². The van der Waals surface area contributed by atoms with Crippen LogP contribution < -0.4 is 0 Å². The maximum Gasteiger partial charge on any atom is 0.166 e. The van der Waals surface area contributed by atoms with Gasteiger partial charge in [0.1, 0.15) is 11.6 Å². The fourth-order valence-corrected chi connectivity index (χ4v) is 5.07. The molecule has 7 heteroatoms. The van der Waals surface area contributed by atoms with Crippen molar-refractivity contribution in [3.63, 3.8) is 0 Å². The first-order valence-corrected chi connectivity index (χ1v) is 11.7. The van der Waals surface area contributed by atoms with Gasteiger partial charge in [0.2, 0.25) is 0 Å². The first-order chi connectivity index (χ1) is 14.6. The quantitative estimate of drug-likeness (QED) is 0.248. The molecule has 0 saturated carbocycles. The summed E-state index contributed by atoms with van der Waals surface area (Å²) in [5.41, 5.74) is 4.76. The highest BCUT2D eigenvalue weighted by molar-refractivity contribution is 7.99. The van der Waals surface area contributed by atoms with Gasteiger partial charge < -0.3 is 4.98 Å². The Morgan fingerprint density at radius 2 is 1.90 bits per heavy atom. The number of thioether (sulfide) groups is 2. The number of halogens is 2. The van der Waals surface area contributed by atoms with Crippen LogP contribution in [0.4, 0.5) is 8.78 Å². The molecule has 0 aliphatic heterocycles. The third kappa shape index (κ3) is 5.02. The SMILES string of the molecule is Cc1c(SCCCc2ccc(F)cc2F)ccnc1CSc1nc2ccccc2[nH]1. The normalized spacial score (nSPS) is 11.3. The Kier molecular flexibility index (Phi) is 6.69. The molecular formula is C23H21F2N3S2. The van der Waals surface area contributed by atoms with E-state index in [0.29, 0.717) is 12.0 Å². The van der Waals surface area contributed by atoms with Gasteiger partial charge in [0.25, 0.3) is 0 Å². The summed E-state index contributed by atoms with van der Waals surface area (Å²) in [6, 6.07) is 13.8. The van der Waals surface area contributed by atoms with Crippen LogP contribution in [0.15, 0.2) is 64.8 Å². The number of pyridine rings is 1. The van der Waals surface area contributed by atoms with Gasteiger partial charge in [-0.2, -0.15) is 0 Å². The summed E-state index contributed by atoms with van der Waals surface area (Å²) < 4.78 is 26.8. The predicted molar refractivity (Wildman–Crippen MR) is 120 cm³/mol. The van der Waals surface area contributed by atoms with Crippen LogP contribution in [0.1, 0.15) is 23.2 Å². The third-order valence-corrected chi connectivity index (χ3v) is 6.97. The second kappa shape index (κ2) is 9.62. The van der Waals surface area contributed by atoms with Crippen LogP contribution in [0.3, 0.4) is 0 Å². The van der Waals surface area contributed by atoms with Crippen molar-refractivity contribution in [2.75, 3.05) is 5.75 Å². The molecule has 4 aromatic rings. The molecule has 2 aromatic carbocycles. The van der Waals surface area contributed by atoms with Crippen LogP contribution in [0.5, 0.6) is 0 Å². The monoisotopic (exact) mass is 441 g/mol. The molecule has 0 atom stereocenters. The molecule has 2 aromatic heterocycles. The molecule has 0 spiro atoms. The standard InChI is InChI=1S/C23H21F2N3S2/c1-15-21(14-30-23-27-19-6-2-3-7-20(19)28-23)26-11-10-22(15)29-12-4-5-16-8-9-17(24)13-18(16)25/h2-3,6-11,13H,4-5,12,14H2,1H3,(H,27,28). The average Bonchev–Trinajstić information content (AvgIpc) is 3.15. The Hall–Kier alpha value is -2.38. The molecule has 0 aliphatic carbocycles. The Balaban J connectivity index is 1.33. The number of aromatic amines is 1. The minimum absolute atomic E-state index is 0.468. The van der Waals surface area contributed by atoms with Gasteiger partial charge in [-0.3, -0.25) is 4.98 Å². The molecule has 0 aliphatic rings. The lowest BCUT2D eigenvalue weighted by atomic mass is 10.1.